The average molecular weight is 326 g/mol. The molecule has 1 saturated heterocycles. The van der Waals surface area contributed by atoms with Crippen LogP contribution in [0, 0.1) is 11.8 Å². The van der Waals surface area contributed by atoms with Crippen molar-refractivity contribution in [2.75, 3.05) is 18.4 Å². The SMILES string of the molecule is O=C(Nc1ccccc1CCC(F)(F)F)N1C[C@H]2CCC[C@@H]2C1. The molecule has 3 rings (SSSR count). The van der Waals surface area contributed by atoms with E-state index in [2.05, 4.69) is 5.32 Å². The van der Waals surface area contributed by atoms with Crippen molar-refractivity contribution in [3.05, 3.63) is 29.8 Å². The molecule has 1 aromatic rings. The van der Waals surface area contributed by atoms with Gasteiger partial charge in [-0.1, -0.05) is 24.6 Å². The van der Waals surface area contributed by atoms with Crippen LogP contribution in [0.25, 0.3) is 0 Å². The molecule has 2 aliphatic rings. The van der Waals surface area contributed by atoms with Gasteiger partial charge >= 0.3 is 12.2 Å². The van der Waals surface area contributed by atoms with Gasteiger partial charge in [0.15, 0.2) is 0 Å². The van der Waals surface area contributed by atoms with E-state index in [1.54, 1.807) is 29.2 Å². The second kappa shape index (κ2) is 6.42. The first kappa shape index (κ1) is 16.1. The summed E-state index contributed by atoms with van der Waals surface area (Å²) >= 11 is 0. The summed E-state index contributed by atoms with van der Waals surface area (Å²) in [5, 5.41) is 2.80. The van der Waals surface area contributed by atoms with Gasteiger partial charge in [0.05, 0.1) is 0 Å². The molecule has 3 nitrogen and oxygen atoms in total. The lowest BCUT2D eigenvalue weighted by molar-refractivity contribution is -0.133. The van der Waals surface area contributed by atoms with Crippen LogP contribution in [-0.2, 0) is 6.42 Å². The van der Waals surface area contributed by atoms with E-state index in [0.29, 0.717) is 23.1 Å². The van der Waals surface area contributed by atoms with Gasteiger partial charge in [-0.05, 0) is 42.7 Å². The van der Waals surface area contributed by atoms with E-state index < -0.39 is 12.6 Å². The minimum atomic E-state index is -4.19. The van der Waals surface area contributed by atoms with Crippen molar-refractivity contribution in [2.45, 2.75) is 38.3 Å². The summed E-state index contributed by atoms with van der Waals surface area (Å²) in [6.45, 7) is 1.53. The molecule has 1 heterocycles. The number of nitrogens with one attached hydrogen (secondary N) is 1. The van der Waals surface area contributed by atoms with Gasteiger partial charge in [0.25, 0.3) is 0 Å². The molecule has 2 atom stereocenters. The summed E-state index contributed by atoms with van der Waals surface area (Å²) in [6, 6.07) is 6.53. The van der Waals surface area contributed by atoms with Crippen molar-refractivity contribution in [1.29, 1.82) is 0 Å². The van der Waals surface area contributed by atoms with Crippen LogP contribution in [0.1, 0.15) is 31.2 Å². The topological polar surface area (TPSA) is 32.3 Å². The lowest BCUT2D eigenvalue weighted by Crippen LogP contribution is -2.34. The number of halogens is 3. The van der Waals surface area contributed by atoms with Gasteiger partial charge in [0.1, 0.15) is 0 Å². The fourth-order valence-electron chi connectivity index (χ4n) is 3.73. The Balaban J connectivity index is 1.62. The molecule has 23 heavy (non-hydrogen) atoms. The maximum absolute atomic E-state index is 12.4. The van der Waals surface area contributed by atoms with E-state index >= 15 is 0 Å². The van der Waals surface area contributed by atoms with Crippen molar-refractivity contribution in [2.24, 2.45) is 11.8 Å². The highest BCUT2D eigenvalue weighted by Crippen LogP contribution is 2.38. The Labute approximate surface area is 133 Å². The molecular formula is C17H21F3N2O. The zero-order chi connectivity index (χ0) is 16.4. The first-order valence-corrected chi connectivity index (χ1v) is 8.13. The number of aryl methyl sites for hydroxylation is 1. The third-order valence-electron chi connectivity index (χ3n) is 4.95. The number of carbonyl (C=O) groups excluding carboxylic acids is 1. The maximum atomic E-state index is 12.4. The van der Waals surface area contributed by atoms with Gasteiger partial charge in [-0.2, -0.15) is 13.2 Å². The minimum Gasteiger partial charge on any atom is -0.324 e. The summed E-state index contributed by atoms with van der Waals surface area (Å²) in [7, 11) is 0. The number of fused-ring (bicyclic) bond motifs is 1. The Kier molecular flexibility index (Phi) is 4.50. The number of hydrogen-bond donors (Lipinski definition) is 1. The average Bonchev–Trinajstić information content (AvgIpc) is 3.06. The number of nitrogens with zero attached hydrogens (tertiary/aromatic N) is 1. The summed E-state index contributed by atoms with van der Waals surface area (Å²) in [5.74, 6) is 1.20. The van der Waals surface area contributed by atoms with Crippen LogP contribution in [0.5, 0.6) is 0 Å². The van der Waals surface area contributed by atoms with E-state index in [0.717, 1.165) is 13.1 Å². The quantitative estimate of drug-likeness (QED) is 0.875. The first-order valence-electron chi connectivity index (χ1n) is 8.13. The molecule has 0 unspecified atom stereocenters. The lowest BCUT2D eigenvalue weighted by Gasteiger charge is -2.19. The Morgan fingerprint density at radius 3 is 2.48 bits per heavy atom. The molecule has 2 fully saturated rings. The number of carbonyl (C=O) groups is 1. The van der Waals surface area contributed by atoms with E-state index in [-0.39, 0.29) is 12.5 Å². The number of urea groups is 1. The van der Waals surface area contributed by atoms with Gasteiger partial charge in [0, 0.05) is 25.2 Å². The van der Waals surface area contributed by atoms with Crippen molar-refractivity contribution in [3.63, 3.8) is 0 Å². The Morgan fingerprint density at radius 2 is 1.83 bits per heavy atom. The molecule has 2 amide bonds. The fraction of sp³-hybridized carbons (Fsp3) is 0.588. The maximum Gasteiger partial charge on any atom is 0.389 e. The van der Waals surface area contributed by atoms with Crippen LogP contribution in [0.15, 0.2) is 24.3 Å². The lowest BCUT2D eigenvalue weighted by atomic mass is 10.0. The number of rotatable bonds is 3. The van der Waals surface area contributed by atoms with E-state index in [4.69, 9.17) is 0 Å². The van der Waals surface area contributed by atoms with Crippen LogP contribution in [0.4, 0.5) is 23.7 Å². The van der Waals surface area contributed by atoms with E-state index in [9.17, 15) is 18.0 Å². The van der Waals surface area contributed by atoms with Crippen LogP contribution in [0.3, 0.4) is 0 Å². The fourth-order valence-corrected chi connectivity index (χ4v) is 3.73. The smallest absolute Gasteiger partial charge is 0.324 e. The zero-order valence-corrected chi connectivity index (χ0v) is 12.9. The number of benzene rings is 1. The van der Waals surface area contributed by atoms with Crippen LogP contribution in [-0.4, -0.2) is 30.2 Å². The van der Waals surface area contributed by atoms with Crippen molar-refractivity contribution in [1.82, 2.24) is 4.90 Å². The molecule has 6 heteroatoms. The Bertz CT molecular complexity index is 561. The number of hydrogen-bond acceptors (Lipinski definition) is 1. The molecule has 0 spiro atoms. The van der Waals surface area contributed by atoms with Crippen molar-refractivity contribution in [3.8, 4) is 0 Å². The van der Waals surface area contributed by atoms with Crippen molar-refractivity contribution < 1.29 is 18.0 Å². The molecule has 1 saturated carbocycles. The molecule has 126 valence electrons. The van der Waals surface area contributed by atoms with Gasteiger partial charge in [-0.25, -0.2) is 4.79 Å². The standard InChI is InChI=1S/C17H21F3N2O/c18-17(19,20)9-8-12-4-1-2-7-15(12)21-16(23)22-10-13-5-3-6-14(13)11-22/h1-2,4,7,13-14H,3,5-6,8-11H2,(H,21,23)/t13-,14-/m1/s1. The van der Waals surface area contributed by atoms with E-state index in [1.807, 2.05) is 0 Å². The Morgan fingerprint density at radius 1 is 1.17 bits per heavy atom. The van der Waals surface area contributed by atoms with Crippen LogP contribution < -0.4 is 5.32 Å². The first-order chi connectivity index (χ1) is 10.9. The van der Waals surface area contributed by atoms with E-state index in [1.165, 1.54) is 19.3 Å². The highest BCUT2D eigenvalue weighted by Gasteiger charge is 2.38. The predicted octanol–water partition coefficient (Wildman–Crippen LogP) is 4.45. The zero-order valence-electron chi connectivity index (χ0n) is 12.9. The summed E-state index contributed by atoms with van der Waals surface area (Å²) in [5.41, 5.74) is 1.01. The van der Waals surface area contributed by atoms with Gasteiger partial charge in [0.2, 0.25) is 0 Å². The number of amides is 2. The summed E-state index contributed by atoms with van der Waals surface area (Å²) in [6.07, 6.45) is -1.60. The van der Waals surface area contributed by atoms with Gasteiger partial charge < -0.3 is 10.2 Å². The minimum absolute atomic E-state index is 0.120. The van der Waals surface area contributed by atoms with Gasteiger partial charge in [-0.15, -0.1) is 0 Å². The second-order valence-corrected chi connectivity index (χ2v) is 6.56. The third kappa shape index (κ3) is 3.98. The van der Waals surface area contributed by atoms with Gasteiger partial charge in [-0.3, -0.25) is 0 Å². The van der Waals surface area contributed by atoms with Crippen molar-refractivity contribution >= 4 is 11.7 Å². The summed E-state index contributed by atoms with van der Waals surface area (Å²) in [4.78, 5) is 14.2. The highest BCUT2D eigenvalue weighted by molar-refractivity contribution is 5.90. The number of likely N-dealkylation sites (tertiary alicyclic amines) is 1. The second-order valence-electron chi connectivity index (χ2n) is 6.56. The Hall–Kier alpha value is -1.72. The highest BCUT2D eigenvalue weighted by atomic mass is 19.4. The van der Waals surface area contributed by atoms with Crippen LogP contribution >= 0.6 is 0 Å². The number of para-hydroxylation sites is 1. The molecule has 1 N–H and O–H groups in total. The molecule has 1 aliphatic heterocycles. The predicted molar refractivity (Wildman–Crippen MR) is 82.2 cm³/mol. The normalized spacial score (nSPS) is 23.9. The molecule has 0 aromatic heterocycles. The molecular weight excluding hydrogens is 305 g/mol. The van der Waals surface area contributed by atoms with Crippen LogP contribution in [0.2, 0.25) is 0 Å². The molecule has 0 radical (unpaired) electrons. The molecule has 1 aromatic carbocycles. The molecule has 1 aliphatic carbocycles. The largest absolute Gasteiger partial charge is 0.389 e. The number of anilines is 1. The molecule has 0 bridgehead atoms. The third-order valence-corrected chi connectivity index (χ3v) is 4.95. The monoisotopic (exact) mass is 326 g/mol. The summed E-state index contributed by atoms with van der Waals surface area (Å²) < 4.78 is 37.3. The number of alkyl halides is 3.